The van der Waals surface area contributed by atoms with Crippen LogP contribution in [-0.4, -0.2) is 77.1 Å². The molecule has 2 aromatic carbocycles. The van der Waals surface area contributed by atoms with E-state index in [1.807, 2.05) is 18.2 Å². The fourth-order valence-corrected chi connectivity index (χ4v) is 4.75. The van der Waals surface area contributed by atoms with Crippen molar-refractivity contribution < 1.29 is 57.5 Å². The van der Waals surface area contributed by atoms with Gasteiger partial charge in [-0.3, -0.25) is 29.0 Å². The summed E-state index contributed by atoms with van der Waals surface area (Å²) in [7, 11) is 0. The zero-order valence-electron chi connectivity index (χ0n) is 24.4. The molecule has 13 heteroatoms. The molecule has 232 valence electrons. The van der Waals surface area contributed by atoms with E-state index >= 15 is 0 Å². The molecule has 0 aliphatic carbocycles. The molecule has 0 bridgehead atoms. The lowest BCUT2D eigenvalue weighted by Crippen LogP contribution is -2.63. The lowest BCUT2D eigenvalue weighted by Gasteiger charge is -2.43. The van der Waals surface area contributed by atoms with Gasteiger partial charge in [-0.1, -0.05) is 12.1 Å². The summed E-state index contributed by atoms with van der Waals surface area (Å²) in [5.41, 5.74) is 1.55. The first-order valence-electron chi connectivity index (χ1n) is 13.6. The van der Waals surface area contributed by atoms with Crippen LogP contribution in [0.15, 0.2) is 54.7 Å². The van der Waals surface area contributed by atoms with E-state index in [1.54, 1.807) is 18.3 Å². The average Bonchev–Trinajstić information content (AvgIpc) is 2.94. The topological polar surface area (TPSA) is 174 Å². The zero-order chi connectivity index (χ0) is 32.0. The maximum absolute atomic E-state index is 13.1. The molecule has 3 aromatic rings. The van der Waals surface area contributed by atoms with Gasteiger partial charge in [-0.25, -0.2) is 0 Å². The van der Waals surface area contributed by atoms with Crippen molar-refractivity contribution in [1.29, 1.82) is 0 Å². The maximum Gasteiger partial charge on any atom is 0.303 e. The van der Waals surface area contributed by atoms with Gasteiger partial charge in [0.2, 0.25) is 12.4 Å². The summed E-state index contributed by atoms with van der Waals surface area (Å²) < 4.78 is 33.0. The summed E-state index contributed by atoms with van der Waals surface area (Å²) in [6.07, 6.45) is -5.25. The Morgan fingerprint density at radius 3 is 2.16 bits per heavy atom. The summed E-state index contributed by atoms with van der Waals surface area (Å²) in [6, 6.07) is 13.0. The average molecular weight is 610 g/mol. The van der Waals surface area contributed by atoms with Crippen LogP contribution in [0.25, 0.3) is 10.9 Å². The van der Waals surface area contributed by atoms with Gasteiger partial charge in [0.25, 0.3) is 0 Å². The van der Waals surface area contributed by atoms with E-state index < -0.39 is 61.2 Å². The van der Waals surface area contributed by atoms with Gasteiger partial charge in [-0.15, -0.1) is 0 Å². The Labute approximate surface area is 252 Å². The number of benzene rings is 2. The van der Waals surface area contributed by atoms with E-state index in [0.717, 1.165) is 44.2 Å². The number of aromatic nitrogens is 1. The Kier molecular flexibility index (Phi) is 10.1. The number of phenols is 1. The number of pyridine rings is 1. The van der Waals surface area contributed by atoms with E-state index in [2.05, 4.69) is 4.98 Å². The molecule has 0 unspecified atom stereocenters. The molecule has 0 saturated carbocycles. The summed E-state index contributed by atoms with van der Waals surface area (Å²) in [5.74, 6) is -3.77. The Hall–Kier alpha value is -5.04. The smallest absolute Gasteiger partial charge is 0.303 e. The summed E-state index contributed by atoms with van der Waals surface area (Å²) in [6.45, 7) is 4.05. The molecule has 1 aliphatic heterocycles. The molecule has 1 aliphatic rings. The third kappa shape index (κ3) is 8.07. The van der Waals surface area contributed by atoms with Crippen LogP contribution in [0.5, 0.6) is 11.5 Å². The predicted octanol–water partition coefficient (Wildman–Crippen LogP) is 2.83. The number of nitrogens with zero attached hydrogens (tertiary/aromatic N) is 1. The van der Waals surface area contributed by atoms with Crippen LogP contribution in [0.2, 0.25) is 0 Å². The second-order valence-corrected chi connectivity index (χ2v) is 9.99. The predicted molar refractivity (Wildman–Crippen MR) is 150 cm³/mol. The molecule has 13 nitrogen and oxygen atoms in total. The minimum absolute atomic E-state index is 0.00303. The van der Waals surface area contributed by atoms with E-state index in [9.17, 15) is 29.1 Å². The van der Waals surface area contributed by atoms with Crippen LogP contribution in [0, 0.1) is 0 Å². The minimum Gasteiger partial charge on any atom is -0.507 e. The molecule has 2 heterocycles. The fourth-order valence-electron chi connectivity index (χ4n) is 4.75. The molecule has 0 spiro atoms. The first kappa shape index (κ1) is 31.9. The SMILES string of the molecule is CC(=O)OC[C@H]1O[C@@H](Oc2ccc(C(=O)Cc3ccc4ncccc4c3)c(O)c2)[C@H](OC(C)=O)[C@@H](OC(C)=O)[C@@H]1OC(C)=O. The Morgan fingerprint density at radius 1 is 0.818 bits per heavy atom. The summed E-state index contributed by atoms with van der Waals surface area (Å²) in [4.78, 5) is 64.8. The van der Waals surface area contributed by atoms with E-state index in [-0.39, 0.29) is 29.3 Å². The number of rotatable bonds is 10. The standard InChI is InChI=1S/C31H31NO12/c1-16(33)39-15-27-28(40-17(2)34)29(41-18(3)35)30(42-19(4)36)31(44-27)43-22-8-9-23(26(38)14-22)25(37)13-20-7-10-24-21(12-20)6-5-11-32-24/h5-12,14,27-31,38H,13,15H2,1-4H3/t27-,28-,29+,30-,31-/m1/s1. The van der Waals surface area contributed by atoms with E-state index in [0.29, 0.717) is 0 Å². The lowest BCUT2D eigenvalue weighted by molar-refractivity contribution is -0.288. The number of aromatic hydroxyl groups is 1. The number of hydrogen-bond acceptors (Lipinski definition) is 13. The van der Waals surface area contributed by atoms with Crippen molar-refractivity contribution in [3.05, 3.63) is 65.9 Å². The number of ketones is 1. The number of ether oxygens (including phenoxy) is 6. The highest BCUT2D eigenvalue weighted by Crippen LogP contribution is 2.33. The van der Waals surface area contributed by atoms with Crippen LogP contribution in [0.1, 0.15) is 43.6 Å². The largest absolute Gasteiger partial charge is 0.507 e. The molecule has 1 N–H and O–H groups in total. The van der Waals surface area contributed by atoms with Crippen LogP contribution in [-0.2, 0) is 49.3 Å². The number of esters is 4. The van der Waals surface area contributed by atoms with Gasteiger partial charge in [0.15, 0.2) is 18.0 Å². The fraction of sp³-hybridized carbons (Fsp3) is 0.355. The van der Waals surface area contributed by atoms with Crippen LogP contribution in [0.4, 0.5) is 0 Å². The number of carbonyl (C=O) groups is 5. The van der Waals surface area contributed by atoms with Gasteiger partial charge in [0, 0.05) is 51.8 Å². The number of carbonyl (C=O) groups excluding carboxylic acids is 5. The van der Waals surface area contributed by atoms with Crippen molar-refractivity contribution in [3.8, 4) is 11.5 Å². The lowest BCUT2D eigenvalue weighted by atomic mass is 9.98. The second kappa shape index (κ2) is 14.0. The molecule has 1 saturated heterocycles. The molecular weight excluding hydrogens is 578 g/mol. The molecule has 1 aromatic heterocycles. The molecular formula is C31H31NO12. The monoisotopic (exact) mass is 609 g/mol. The third-order valence-electron chi connectivity index (χ3n) is 6.50. The van der Waals surface area contributed by atoms with Crippen molar-refractivity contribution in [2.75, 3.05) is 6.61 Å². The van der Waals surface area contributed by atoms with E-state index in [1.165, 1.54) is 18.2 Å². The number of Topliss-reactive ketones (excluding diaryl/α,β-unsaturated/α-hetero) is 1. The van der Waals surface area contributed by atoms with Crippen LogP contribution in [0.3, 0.4) is 0 Å². The van der Waals surface area contributed by atoms with Crippen molar-refractivity contribution in [2.45, 2.75) is 64.8 Å². The van der Waals surface area contributed by atoms with Gasteiger partial charge in [-0.05, 0) is 35.9 Å². The molecule has 5 atom stereocenters. The molecule has 4 rings (SSSR count). The molecule has 0 amide bonds. The summed E-state index contributed by atoms with van der Waals surface area (Å²) in [5, 5.41) is 11.6. The van der Waals surface area contributed by atoms with Gasteiger partial charge >= 0.3 is 23.9 Å². The van der Waals surface area contributed by atoms with Crippen molar-refractivity contribution in [3.63, 3.8) is 0 Å². The quantitative estimate of drug-likeness (QED) is 0.202. The first-order valence-corrected chi connectivity index (χ1v) is 13.6. The number of fused-ring (bicyclic) bond motifs is 1. The first-order chi connectivity index (χ1) is 20.9. The van der Waals surface area contributed by atoms with Gasteiger partial charge in [-0.2, -0.15) is 0 Å². The highest BCUT2D eigenvalue weighted by atomic mass is 16.7. The maximum atomic E-state index is 13.1. The Morgan fingerprint density at radius 2 is 1.50 bits per heavy atom. The summed E-state index contributed by atoms with van der Waals surface area (Å²) >= 11 is 0. The molecule has 1 fully saturated rings. The number of phenolic OH excluding ortho intramolecular Hbond substituents is 1. The molecule has 0 radical (unpaired) electrons. The zero-order valence-corrected chi connectivity index (χ0v) is 24.4. The normalized spacial score (nSPS) is 21.1. The van der Waals surface area contributed by atoms with Gasteiger partial charge in [0.1, 0.15) is 24.2 Å². The van der Waals surface area contributed by atoms with Crippen LogP contribution < -0.4 is 4.74 Å². The van der Waals surface area contributed by atoms with Crippen molar-refractivity contribution in [1.82, 2.24) is 4.98 Å². The van der Waals surface area contributed by atoms with Gasteiger partial charge in [0.05, 0.1) is 11.1 Å². The third-order valence-corrected chi connectivity index (χ3v) is 6.50. The van der Waals surface area contributed by atoms with Crippen molar-refractivity contribution >= 4 is 40.6 Å². The number of hydrogen-bond donors (Lipinski definition) is 1. The Bertz CT molecular complexity index is 1570. The minimum atomic E-state index is -1.50. The van der Waals surface area contributed by atoms with Gasteiger partial charge < -0.3 is 33.5 Å². The highest BCUT2D eigenvalue weighted by molar-refractivity contribution is 6.00. The van der Waals surface area contributed by atoms with E-state index in [4.69, 9.17) is 28.4 Å². The Balaban J connectivity index is 1.59. The highest BCUT2D eigenvalue weighted by Gasteiger charge is 2.53. The van der Waals surface area contributed by atoms with Crippen molar-refractivity contribution in [2.24, 2.45) is 0 Å². The van der Waals surface area contributed by atoms with Crippen LogP contribution >= 0.6 is 0 Å². The molecule has 44 heavy (non-hydrogen) atoms. The second-order valence-electron chi connectivity index (χ2n) is 9.99.